The molecule has 1 unspecified atom stereocenters. The van der Waals surface area contributed by atoms with Gasteiger partial charge in [0.25, 0.3) is 0 Å². The van der Waals surface area contributed by atoms with Gasteiger partial charge in [-0.05, 0) is 30.5 Å². The van der Waals surface area contributed by atoms with E-state index in [-0.39, 0.29) is 5.82 Å². The molecule has 14 heavy (non-hydrogen) atoms. The summed E-state index contributed by atoms with van der Waals surface area (Å²) in [5.74, 6) is 0.132. The van der Waals surface area contributed by atoms with Crippen molar-refractivity contribution in [2.75, 3.05) is 0 Å². The molecule has 0 fully saturated rings. The van der Waals surface area contributed by atoms with E-state index in [1.54, 1.807) is 0 Å². The molecule has 5 nitrogen and oxygen atoms in total. The van der Waals surface area contributed by atoms with Crippen molar-refractivity contribution in [1.82, 2.24) is 9.97 Å². The Morgan fingerprint density at radius 1 is 1.50 bits per heavy atom. The van der Waals surface area contributed by atoms with Crippen molar-refractivity contribution in [2.24, 2.45) is 0 Å². The Bertz CT molecular complexity index is 328. The van der Waals surface area contributed by atoms with Crippen molar-refractivity contribution >= 4 is 11.1 Å². The summed E-state index contributed by atoms with van der Waals surface area (Å²) in [6.45, 7) is 3.21. The zero-order chi connectivity index (χ0) is 10.7. The third-order valence-electron chi connectivity index (χ3n) is 1.81. The van der Waals surface area contributed by atoms with E-state index < -0.39 is 22.4 Å². The first-order valence-electron chi connectivity index (χ1n) is 4.07. The number of hydrogen-bond donors (Lipinski definition) is 1. The van der Waals surface area contributed by atoms with Crippen molar-refractivity contribution in [3.8, 4) is 0 Å². The number of aryl methyl sites for hydroxylation is 1. The Morgan fingerprint density at radius 2 is 2.00 bits per heavy atom. The van der Waals surface area contributed by atoms with Crippen LogP contribution in [0.1, 0.15) is 24.4 Å². The summed E-state index contributed by atoms with van der Waals surface area (Å²) in [5.41, 5.74) is 0.858. The largest absolute Gasteiger partial charge is 0.772 e. The summed E-state index contributed by atoms with van der Waals surface area (Å²) < 4.78 is 21.1. The third-order valence-corrected chi connectivity index (χ3v) is 2.68. The lowest BCUT2D eigenvalue weighted by atomic mass is 10.2. The average Bonchev–Trinajstić information content (AvgIpc) is 2.16. The quantitative estimate of drug-likeness (QED) is 0.722. The summed E-state index contributed by atoms with van der Waals surface area (Å²) in [5, 5.41) is 8.63. The molecule has 1 N–H and O–H groups in total. The van der Waals surface area contributed by atoms with Gasteiger partial charge in [-0.3, -0.25) is 4.21 Å². The van der Waals surface area contributed by atoms with Gasteiger partial charge >= 0.3 is 0 Å². The number of hydrogen-bond acceptors (Lipinski definition) is 5. The summed E-state index contributed by atoms with van der Waals surface area (Å²) in [6.07, 6.45) is 1.90. The van der Waals surface area contributed by atoms with Gasteiger partial charge in [0.15, 0.2) is 5.82 Å². The van der Waals surface area contributed by atoms with Gasteiger partial charge in [0.2, 0.25) is 0 Å². The molecular weight excluding hydrogens is 204 g/mol. The second-order valence-corrected chi connectivity index (χ2v) is 4.29. The molecule has 1 heterocycles. The highest BCUT2D eigenvalue weighted by Gasteiger charge is 2.19. The molecule has 0 aliphatic carbocycles. The number of nitrogens with zero attached hydrogens (tertiary/aromatic N) is 2. The van der Waals surface area contributed by atoms with Crippen LogP contribution in [0.4, 0.5) is 0 Å². The van der Waals surface area contributed by atoms with E-state index in [0.717, 1.165) is 5.56 Å². The number of aromatic nitrogens is 2. The van der Waals surface area contributed by atoms with Gasteiger partial charge in [-0.25, -0.2) is 9.97 Å². The molecule has 0 aromatic carbocycles. The van der Waals surface area contributed by atoms with Gasteiger partial charge in [0.1, 0.15) is 6.10 Å². The van der Waals surface area contributed by atoms with Crippen molar-refractivity contribution in [1.29, 1.82) is 0 Å². The molecule has 0 aliphatic rings. The van der Waals surface area contributed by atoms with Crippen LogP contribution in [0.25, 0.3) is 0 Å². The molecule has 1 aromatic rings. The molecule has 0 aliphatic heterocycles. The summed E-state index contributed by atoms with van der Waals surface area (Å²) in [6, 6.07) is 0. The number of aliphatic hydroxyl groups excluding tert-OH is 1. The first-order valence-corrected chi connectivity index (χ1v) is 5.21. The molecule has 78 valence electrons. The van der Waals surface area contributed by atoms with E-state index in [1.807, 2.05) is 6.92 Å². The molecule has 0 amide bonds. The topological polar surface area (TPSA) is 86.1 Å². The molecule has 0 radical (unpaired) electrons. The fourth-order valence-electron chi connectivity index (χ4n) is 0.870. The maximum absolute atomic E-state index is 10.6. The third kappa shape index (κ3) is 2.57. The molecule has 0 bridgehead atoms. The molecule has 6 heteroatoms. The molecule has 0 saturated carbocycles. The Hall–Kier alpha value is -0.850. The monoisotopic (exact) mass is 215 g/mol. The second kappa shape index (κ2) is 4.59. The minimum Gasteiger partial charge on any atom is -0.772 e. The molecule has 0 saturated heterocycles. The standard InChI is InChI=1S/C8H12N2O3S/c1-5-3-9-8(10-4-5)7(11)6(2)14(12)13/h3-4,6-7,11H,1-2H3,(H,12,13)/p-1/t6-,7-/m1/s1. The lowest BCUT2D eigenvalue weighted by molar-refractivity contribution is 0.165. The van der Waals surface area contributed by atoms with Crippen molar-refractivity contribution in [2.45, 2.75) is 25.2 Å². The lowest BCUT2D eigenvalue weighted by Gasteiger charge is -2.19. The van der Waals surface area contributed by atoms with Gasteiger partial charge in [0, 0.05) is 12.4 Å². The van der Waals surface area contributed by atoms with Crippen LogP contribution in [0.15, 0.2) is 12.4 Å². The molecular formula is C8H11N2O3S-. The van der Waals surface area contributed by atoms with Crippen molar-refractivity contribution < 1.29 is 13.9 Å². The van der Waals surface area contributed by atoms with E-state index in [4.69, 9.17) is 0 Å². The highest BCUT2D eigenvalue weighted by molar-refractivity contribution is 7.79. The van der Waals surface area contributed by atoms with Crippen LogP contribution in [0.3, 0.4) is 0 Å². The van der Waals surface area contributed by atoms with E-state index in [2.05, 4.69) is 9.97 Å². The summed E-state index contributed by atoms with van der Waals surface area (Å²) >= 11 is -2.33. The summed E-state index contributed by atoms with van der Waals surface area (Å²) in [7, 11) is 0. The predicted octanol–water partition coefficient (Wildman–Crippen LogP) is 0.0860. The molecule has 1 aromatic heterocycles. The van der Waals surface area contributed by atoms with Crippen LogP contribution in [0.5, 0.6) is 0 Å². The minimum atomic E-state index is -2.33. The van der Waals surface area contributed by atoms with Crippen molar-refractivity contribution in [3.63, 3.8) is 0 Å². The van der Waals surface area contributed by atoms with Gasteiger partial charge in [-0.15, -0.1) is 0 Å². The van der Waals surface area contributed by atoms with E-state index in [0.29, 0.717) is 0 Å². The van der Waals surface area contributed by atoms with E-state index in [1.165, 1.54) is 19.3 Å². The molecule has 3 atom stereocenters. The normalized spacial score (nSPS) is 17.4. The van der Waals surface area contributed by atoms with Gasteiger partial charge in [0.05, 0.1) is 5.25 Å². The fraction of sp³-hybridized carbons (Fsp3) is 0.500. The van der Waals surface area contributed by atoms with Crippen LogP contribution < -0.4 is 0 Å². The average molecular weight is 215 g/mol. The van der Waals surface area contributed by atoms with Crippen LogP contribution >= 0.6 is 0 Å². The minimum absolute atomic E-state index is 0.132. The molecule has 0 spiro atoms. The highest BCUT2D eigenvalue weighted by Crippen LogP contribution is 2.15. The smallest absolute Gasteiger partial charge is 0.157 e. The molecule has 1 rings (SSSR count). The number of aliphatic hydroxyl groups is 1. The maximum atomic E-state index is 10.6. The van der Waals surface area contributed by atoms with E-state index >= 15 is 0 Å². The summed E-state index contributed by atoms with van der Waals surface area (Å²) in [4.78, 5) is 7.69. The van der Waals surface area contributed by atoms with Crippen LogP contribution in [0, 0.1) is 6.92 Å². The Morgan fingerprint density at radius 3 is 2.43 bits per heavy atom. The van der Waals surface area contributed by atoms with Gasteiger partial charge in [-0.2, -0.15) is 0 Å². The Kier molecular flexibility index (Phi) is 3.68. The van der Waals surface area contributed by atoms with Gasteiger partial charge in [-0.1, -0.05) is 0 Å². The number of rotatable bonds is 3. The zero-order valence-corrected chi connectivity index (χ0v) is 8.69. The zero-order valence-electron chi connectivity index (χ0n) is 7.88. The second-order valence-electron chi connectivity index (χ2n) is 3.03. The van der Waals surface area contributed by atoms with Crippen molar-refractivity contribution in [3.05, 3.63) is 23.8 Å². The van der Waals surface area contributed by atoms with Crippen LogP contribution in [-0.2, 0) is 11.1 Å². The SMILES string of the molecule is Cc1cnc([C@H](O)[C@@H](C)S(=O)[O-])nc1. The van der Waals surface area contributed by atoms with Crippen LogP contribution in [-0.4, -0.2) is 29.1 Å². The highest BCUT2D eigenvalue weighted by atomic mass is 32.2. The lowest BCUT2D eigenvalue weighted by Crippen LogP contribution is -2.22. The Labute approximate surface area is 84.5 Å². The predicted molar refractivity (Wildman–Crippen MR) is 50.1 cm³/mol. The maximum Gasteiger partial charge on any atom is 0.157 e. The first kappa shape index (κ1) is 11.2. The van der Waals surface area contributed by atoms with Gasteiger partial charge < -0.3 is 9.66 Å². The first-order chi connectivity index (χ1) is 6.52. The Balaban J connectivity index is 2.84. The fourth-order valence-corrected chi connectivity index (χ4v) is 1.20. The van der Waals surface area contributed by atoms with Crippen LogP contribution in [0.2, 0.25) is 0 Å². The van der Waals surface area contributed by atoms with E-state index in [9.17, 15) is 13.9 Å².